The van der Waals surface area contributed by atoms with Crippen molar-refractivity contribution in [2.24, 2.45) is 7.05 Å². The lowest BCUT2D eigenvalue weighted by molar-refractivity contribution is 0.391. The molecular weight excluding hydrogens is 846 g/mol. The molecule has 0 saturated carbocycles. The van der Waals surface area contributed by atoms with Crippen molar-refractivity contribution >= 4 is 72.5 Å². The molecule has 7 rings (SSSR count). The van der Waals surface area contributed by atoms with Gasteiger partial charge in [0.2, 0.25) is 0 Å². The molecule has 4 N–H and O–H groups in total. The van der Waals surface area contributed by atoms with Gasteiger partial charge in [-0.05, 0) is 124 Å². The molecule has 320 valence electrons. The van der Waals surface area contributed by atoms with Crippen molar-refractivity contribution in [2.75, 3.05) is 78.1 Å². The molecular formula is C46H52ClN7O4S3. The van der Waals surface area contributed by atoms with Crippen LogP contribution in [0.2, 0.25) is 5.02 Å². The quantitative estimate of drug-likeness (QED) is 0.0554. The number of sulfonamides is 1. The van der Waals surface area contributed by atoms with Crippen LogP contribution in [0.25, 0.3) is 22.4 Å². The summed E-state index contributed by atoms with van der Waals surface area (Å²) in [4.78, 5) is 7.64. The first-order chi connectivity index (χ1) is 29.3. The van der Waals surface area contributed by atoms with Crippen LogP contribution in [0.15, 0.2) is 136 Å². The second-order valence-electron chi connectivity index (χ2n) is 15.5. The number of nitrogens with zero attached hydrogens (tertiary/aromatic N) is 4. The fourth-order valence-corrected chi connectivity index (χ4v) is 10.5. The number of benzene rings is 5. The second-order valence-corrected chi connectivity index (χ2v) is 19.7. The number of thiol groups is 1. The first-order valence-electron chi connectivity index (χ1n) is 20.1. The van der Waals surface area contributed by atoms with Crippen molar-refractivity contribution in [2.45, 2.75) is 34.1 Å². The van der Waals surface area contributed by atoms with Gasteiger partial charge in [-0.3, -0.25) is 4.72 Å². The maximum absolute atomic E-state index is 13.6. The Bertz CT molecular complexity index is 2640. The Labute approximate surface area is 370 Å². The molecule has 5 aromatic carbocycles. The van der Waals surface area contributed by atoms with E-state index in [1.165, 1.54) is 12.1 Å². The SMILES string of the molecule is Cc1c(N)c(-c2cccc(N3CCN(c4ccc(NS(=O)(=O)c5ccc(N[C@H](CCN(C)C)CSc6ccccc6)c([SH](=O)=O)c5)cc4)CC3)c2)c(-c2ccc(Cl)cc2)n1C. The highest BCUT2D eigenvalue weighted by Gasteiger charge is 2.24. The van der Waals surface area contributed by atoms with Gasteiger partial charge in [-0.15, -0.1) is 11.8 Å². The van der Waals surface area contributed by atoms with Crippen molar-refractivity contribution in [1.82, 2.24) is 9.47 Å². The minimum Gasteiger partial charge on any atom is -0.397 e. The number of rotatable bonds is 16. The van der Waals surface area contributed by atoms with Gasteiger partial charge in [-0.1, -0.05) is 54.1 Å². The topological polar surface area (TPSA) is 133 Å². The Balaban J connectivity index is 0.996. The molecule has 0 amide bonds. The van der Waals surface area contributed by atoms with Crippen molar-refractivity contribution in [3.63, 3.8) is 0 Å². The summed E-state index contributed by atoms with van der Waals surface area (Å²) < 4.78 is 56.9. The van der Waals surface area contributed by atoms with Crippen LogP contribution in [0.5, 0.6) is 0 Å². The van der Waals surface area contributed by atoms with Gasteiger partial charge in [0.05, 0.1) is 26.9 Å². The smallest absolute Gasteiger partial charge is 0.261 e. The highest BCUT2D eigenvalue weighted by atomic mass is 35.5. The minimum absolute atomic E-state index is 0.0618. The third-order valence-corrected chi connectivity index (χ3v) is 14.6. The van der Waals surface area contributed by atoms with E-state index in [0.29, 0.717) is 22.2 Å². The average molecular weight is 899 g/mol. The summed E-state index contributed by atoms with van der Waals surface area (Å²) in [6, 6.07) is 37.8. The third kappa shape index (κ3) is 10.5. The van der Waals surface area contributed by atoms with E-state index in [0.717, 1.165) is 89.2 Å². The average Bonchev–Trinajstić information content (AvgIpc) is 3.49. The van der Waals surface area contributed by atoms with E-state index in [-0.39, 0.29) is 15.8 Å². The second kappa shape index (κ2) is 19.3. The summed E-state index contributed by atoms with van der Waals surface area (Å²) in [5.41, 5.74) is 15.5. The lowest BCUT2D eigenvalue weighted by Gasteiger charge is -2.37. The van der Waals surface area contributed by atoms with Crippen LogP contribution in [-0.4, -0.2) is 84.9 Å². The third-order valence-electron chi connectivity index (χ3n) is 11.1. The van der Waals surface area contributed by atoms with Gasteiger partial charge in [-0.25, -0.2) is 16.8 Å². The highest BCUT2D eigenvalue weighted by molar-refractivity contribution is 7.99. The predicted molar refractivity (Wildman–Crippen MR) is 255 cm³/mol. The van der Waals surface area contributed by atoms with Crippen LogP contribution in [0.1, 0.15) is 12.1 Å². The molecule has 1 aliphatic rings. The van der Waals surface area contributed by atoms with Gasteiger partial charge in [0.15, 0.2) is 10.7 Å². The molecule has 61 heavy (non-hydrogen) atoms. The largest absolute Gasteiger partial charge is 0.397 e. The van der Waals surface area contributed by atoms with Gasteiger partial charge in [0, 0.05) is 83.3 Å². The van der Waals surface area contributed by atoms with Gasteiger partial charge in [-0.2, -0.15) is 0 Å². The predicted octanol–water partition coefficient (Wildman–Crippen LogP) is 8.53. The van der Waals surface area contributed by atoms with E-state index >= 15 is 0 Å². The van der Waals surface area contributed by atoms with Gasteiger partial charge < -0.3 is 30.3 Å². The number of aromatic nitrogens is 1. The lowest BCUT2D eigenvalue weighted by Crippen LogP contribution is -2.46. The first-order valence-corrected chi connectivity index (χ1v) is 24.1. The molecule has 1 saturated heterocycles. The molecule has 0 radical (unpaired) electrons. The fraction of sp³-hybridized carbons (Fsp3) is 0.261. The summed E-state index contributed by atoms with van der Waals surface area (Å²) in [5.74, 6) is 0.700. The number of anilines is 5. The standard InChI is InChI=1S/C46H52ClN7O4S3/c1-32-45(48)44(46(52(32)4)33-13-15-35(47)16-14-33)34-9-8-10-39(29-34)54-27-25-53(26-28-54)38-19-17-36(18-20-38)50-61(57,58)41-21-22-42(43(30-41)60(55)56)49-37(23-24-51(2)3)31-59-40-11-6-5-7-12-40/h5-22,29-30,37,49-50,60H,23-28,31,48H2,1-4H3/t37-/m1/s1. The van der Waals surface area contributed by atoms with Crippen molar-refractivity contribution in [1.29, 1.82) is 0 Å². The number of piperazine rings is 1. The van der Waals surface area contributed by atoms with E-state index in [1.54, 1.807) is 30.0 Å². The number of hydrogen-bond donors (Lipinski definition) is 4. The Morgan fingerprint density at radius 2 is 1.49 bits per heavy atom. The molecule has 6 aromatic rings. The Kier molecular flexibility index (Phi) is 13.9. The summed E-state index contributed by atoms with van der Waals surface area (Å²) in [7, 11) is -1.17. The van der Waals surface area contributed by atoms with Crippen LogP contribution in [-0.2, 0) is 27.8 Å². The van der Waals surface area contributed by atoms with Crippen molar-refractivity contribution in [3.05, 3.63) is 132 Å². The van der Waals surface area contributed by atoms with E-state index in [9.17, 15) is 16.8 Å². The molecule has 2 heterocycles. The van der Waals surface area contributed by atoms with E-state index in [1.807, 2.05) is 94.8 Å². The molecule has 0 bridgehead atoms. The van der Waals surface area contributed by atoms with E-state index < -0.39 is 20.7 Å². The molecule has 15 heteroatoms. The number of nitrogens with two attached hydrogens (primary N) is 1. The van der Waals surface area contributed by atoms with Crippen LogP contribution >= 0.6 is 23.4 Å². The number of nitrogens with one attached hydrogen (secondary N) is 2. The zero-order valence-corrected chi connectivity index (χ0v) is 38.0. The number of hydrogen-bond acceptors (Lipinski definition) is 10. The van der Waals surface area contributed by atoms with Gasteiger partial charge in [0.1, 0.15) is 0 Å². The van der Waals surface area contributed by atoms with Crippen LogP contribution < -0.4 is 25.6 Å². The molecule has 0 aliphatic carbocycles. The maximum atomic E-state index is 13.6. The van der Waals surface area contributed by atoms with Gasteiger partial charge in [0.25, 0.3) is 10.0 Å². The van der Waals surface area contributed by atoms with Crippen LogP contribution in [0.4, 0.5) is 28.4 Å². The highest BCUT2D eigenvalue weighted by Crippen LogP contribution is 2.42. The van der Waals surface area contributed by atoms with Crippen LogP contribution in [0, 0.1) is 6.92 Å². The number of halogens is 1. The van der Waals surface area contributed by atoms with E-state index in [4.69, 9.17) is 17.3 Å². The molecule has 11 nitrogen and oxygen atoms in total. The minimum atomic E-state index is -4.10. The Morgan fingerprint density at radius 1 is 0.820 bits per heavy atom. The molecule has 1 fully saturated rings. The molecule has 1 aliphatic heterocycles. The molecule has 1 aromatic heterocycles. The summed E-state index contributed by atoms with van der Waals surface area (Å²) in [6.07, 6.45) is 0.765. The maximum Gasteiger partial charge on any atom is 0.261 e. The monoisotopic (exact) mass is 897 g/mol. The van der Waals surface area contributed by atoms with Crippen LogP contribution in [0.3, 0.4) is 0 Å². The normalized spacial score (nSPS) is 13.8. The Morgan fingerprint density at radius 3 is 2.15 bits per heavy atom. The van der Waals surface area contributed by atoms with Gasteiger partial charge >= 0.3 is 0 Å². The summed E-state index contributed by atoms with van der Waals surface area (Å²) in [6.45, 7) is 5.97. The summed E-state index contributed by atoms with van der Waals surface area (Å²) >= 11 is 7.90. The number of nitrogen functional groups attached to an aromatic ring is 1. The molecule has 0 spiro atoms. The lowest BCUT2D eigenvalue weighted by atomic mass is 9.99. The van der Waals surface area contributed by atoms with E-state index in [2.05, 4.69) is 53.6 Å². The first kappa shape index (κ1) is 44.0. The molecule has 1 atom stereocenters. The zero-order chi connectivity index (χ0) is 43.3. The van der Waals surface area contributed by atoms with Crippen molar-refractivity contribution < 1.29 is 16.8 Å². The summed E-state index contributed by atoms with van der Waals surface area (Å²) in [5, 5.41) is 4.08. The van der Waals surface area contributed by atoms with Crippen molar-refractivity contribution in [3.8, 4) is 22.4 Å². The molecule has 0 unspecified atom stereocenters. The Hall–Kier alpha value is -5.12. The zero-order valence-electron chi connectivity index (χ0n) is 34.7. The fourth-order valence-electron chi connectivity index (χ4n) is 7.59. The number of thioether (sulfide) groups is 1.